The van der Waals surface area contributed by atoms with Crippen LogP contribution in [0, 0.1) is 0 Å². The number of morpholine rings is 1. The minimum Gasteiger partial charge on any atom is -0.393 e. The van der Waals surface area contributed by atoms with Gasteiger partial charge in [0.15, 0.2) is 0 Å². The third-order valence-electron chi connectivity index (χ3n) is 2.38. The van der Waals surface area contributed by atoms with Crippen molar-refractivity contribution in [1.29, 1.82) is 0 Å². The van der Waals surface area contributed by atoms with Crippen LogP contribution < -0.4 is 5.73 Å². The highest BCUT2D eigenvalue weighted by Gasteiger charge is 2.11. The van der Waals surface area contributed by atoms with Crippen LogP contribution in [0.4, 0.5) is 0 Å². The summed E-state index contributed by atoms with van der Waals surface area (Å²) in [5.74, 6) is 0. The van der Waals surface area contributed by atoms with Gasteiger partial charge in [-0.1, -0.05) is 0 Å². The number of rotatable bonds is 5. The lowest BCUT2D eigenvalue weighted by Gasteiger charge is -2.27. The SMILES string of the molecule is NCCC(O)CCN1CCOCC1. The summed E-state index contributed by atoms with van der Waals surface area (Å²) in [4.78, 5) is 2.32. The zero-order valence-electron chi connectivity index (χ0n) is 8.11. The van der Waals surface area contributed by atoms with Crippen LogP contribution in [0.2, 0.25) is 0 Å². The summed E-state index contributed by atoms with van der Waals surface area (Å²) in [5, 5.41) is 9.44. The van der Waals surface area contributed by atoms with E-state index >= 15 is 0 Å². The quantitative estimate of drug-likeness (QED) is 0.606. The van der Waals surface area contributed by atoms with E-state index in [2.05, 4.69) is 4.90 Å². The molecule has 1 rings (SSSR count). The first kappa shape index (κ1) is 10.9. The van der Waals surface area contributed by atoms with Crippen molar-refractivity contribution in [2.24, 2.45) is 5.73 Å². The number of nitrogens with two attached hydrogens (primary N) is 1. The van der Waals surface area contributed by atoms with Crippen LogP contribution in [0.15, 0.2) is 0 Å². The molecule has 78 valence electrons. The van der Waals surface area contributed by atoms with Crippen LogP contribution in [0.1, 0.15) is 12.8 Å². The van der Waals surface area contributed by atoms with Gasteiger partial charge in [0, 0.05) is 19.6 Å². The van der Waals surface area contributed by atoms with E-state index in [1.165, 1.54) is 0 Å². The topological polar surface area (TPSA) is 58.7 Å². The fourth-order valence-corrected chi connectivity index (χ4v) is 1.49. The van der Waals surface area contributed by atoms with Gasteiger partial charge in [-0.25, -0.2) is 0 Å². The number of aliphatic hydroxyl groups excluding tert-OH is 1. The minimum absolute atomic E-state index is 0.229. The van der Waals surface area contributed by atoms with Gasteiger partial charge in [-0.15, -0.1) is 0 Å². The summed E-state index contributed by atoms with van der Waals surface area (Å²) < 4.78 is 5.23. The molecule has 0 aromatic heterocycles. The van der Waals surface area contributed by atoms with Gasteiger partial charge >= 0.3 is 0 Å². The van der Waals surface area contributed by atoms with Crippen molar-refractivity contribution in [3.05, 3.63) is 0 Å². The number of nitrogens with zero attached hydrogens (tertiary/aromatic N) is 1. The van der Waals surface area contributed by atoms with Gasteiger partial charge < -0.3 is 15.6 Å². The first-order valence-electron chi connectivity index (χ1n) is 5.01. The Bertz CT molecular complexity index is 127. The van der Waals surface area contributed by atoms with Crippen LogP contribution in [-0.2, 0) is 4.74 Å². The lowest BCUT2D eigenvalue weighted by Crippen LogP contribution is -2.38. The molecule has 3 N–H and O–H groups in total. The summed E-state index contributed by atoms with van der Waals surface area (Å²) in [6, 6.07) is 0. The second-order valence-corrected chi connectivity index (χ2v) is 3.47. The van der Waals surface area contributed by atoms with E-state index < -0.39 is 0 Å². The molecule has 1 unspecified atom stereocenters. The van der Waals surface area contributed by atoms with Crippen molar-refractivity contribution >= 4 is 0 Å². The maximum atomic E-state index is 9.44. The molecule has 0 bridgehead atoms. The van der Waals surface area contributed by atoms with Crippen molar-refractivity contribution in [3.63, 3.8) is 0 Å². The molecule has 0 amide bonds. The molecule has 13 heavy (non-hydrogen) atoms. The average molecular weight is 188 g/mol. The summed E-state index contributed by atoms with van der Waals surface area (Å²) in [6.45, 7) is 5.18. The maximum absolute atomic E-state index is 9.44. The Morgan fingerprint density at radius 3 is 2.62 bits per heavy atom. The van der Waals surface area contributed by atoms with Crippen LogP contribution >= 0.6 is 0 Å². The normalized spacial score (nSPS) is 21.7. The van der Waals surface area contributed by atoms with E-state index in [-0.39, 0.29) is 6.10 Å². The van der Waals surface area contributed by atoms with Gasteiger partial charge in [0.25, 0.3) is 0 Å². The van der Waals surface area contributed by atoms with Crippen LogP contribution in [-0.4, -0.2) is 55.5 Å². The van der Waals surface area contributed by atoms with Gasteiger partial charge in [0.05, 0.1) is 19.3 Å². The van der Waals surface area contributed by atoms with Crippen molar-refractivity contribution < 1.29 is 9.84 Å². The smallest absolute Gasteiger partial charge is 0.0594 e. The molecule has 4 nitrogen and oxygen atoms in total. The second-order valence-electron chi connectivity index (χ2n) is 3.47. The lowest BCUT2D eigenvalue weighted by molar-refractivity contribution is 0.0297. The van der Waals surface area contributed by atoms with E-state index in [4.69, 9.17) is 10.5 Å². The van der Waals surface area contributed by atoms with Crippen molar-refractivity contribution in [3.8, 4) is 0 Å². The summed E-state index contributed by atoms with van der Waals surface area (Å²) >= 11 is 0. The van der Waals surface area contributed by atoms with Crippen LogP contribution in [0.25, 0.3) is 0 Å². The average Bonchev–Trinajstić information content (AvgIpc) is 2.17. The highest BCUT2D eigenvalue weighted by Crippen LogP contribution is 2.02. The Balaban J connectivity index is 2.03. The zero-order valence-corrected chi connectivity index (χ0v) is 8.11. The van der Waals surface area contributed by atoms with E-state index in [1.54, 1.807) is 0 Å². The van der Waals surface area contributed by atoms with Crippen molar-refractivity contribution in [2.75, 3.05) is 39.4 Å². The number of hydrogen-bond acceptors (Lipinski definition) is 4. The molecule has 1 aliphatic heterocycles. The van der Waals surface area contributed by atoms with Gasteiger partial charge in [0.2, 0.25) is 0 Å². The Kier molecular flexibility index (Phi) is 5.31. The van der Waals surface area contributed by atoms with E-state index in [0.29, 0.717) is 13.0 Å². The van der Waals surface area contributed by atoms with Crippen LogP contribution in [0.5, 0.6) is 0 Å². The second kappa shape index (κ2) is 6.32. The zero-order chi connectivity index (χ0) is 9.52. The monoisotopic (exact) mass is 188 g/mol. The minimum atomic E-state index is -0.229. The van der Waals surface area contributed by atoms with Gasteiger partial charge in [-0.3, -0.25) is 4.90 Å². The molecule has 1 atom stereocenters. The van der Waals surface area contributed by atoms with E-state index in [1.807, 2.05) is 0 Å². The van der Waals surface area contributed by atoms with Gasteiger partial charge in [-0.2, -0.15) is 0 Å². The van der Waals surface area contributed by atoms with E-state index in [0.717, 1.165) is 39.3 Å². The van der Waals surface area contributed by atoms with Crippen molar-refractivity contribution in [2.45, 2.75) is 18.9 Å². The first-order valence-corrected chi connectivity index (χ1v) is 5.01. The molecule has 0 radical (unpaired) electrons. The number of aliphatic hydroxyl groups is 1. The summed E-state index contributed by atoms with van der Waals surface area (Å²) in [5.41, 5.74) is 5.34. The van der Waals surface area contributed by atoms with Crippen LogP contribution in [0.3, 0.4) is 0 Å². The summed E-state index contributed by atoms with van der Waals surface area (Å²) in [7, 11) is 0. The molecule has 1 heterocycles. The Morgan fingerprint density at radius 1 is 1.31 bits per heavy atom. The molecular formula is C9H20N2O2. The largest absolute Gasteiger partial charge is 0.393 e. The Hall–Kier alpha value is -0.160. The highest BCUT2D eigenvalue weighted by atomic mass is 16.5. The summed E-state index contributed by atoms with van der Waals surface area (Å²) in [6.07, 6.45) is 1.31. The maximum Gasteiger partial charge on any atom is 0.0594 e. The van der Waals surface area contributed by atoms with Gasteiger partial charge in [-0.05, 0) is 19.4 Å². The molecule has 0 aromatic rings. The molecule has 0 saturated carbocycles. The standard InChI is InChI=1S/C9H20N2O2/c10-3-1-9(12)2-4-11-5-7-13-8-6-11/h9,12H,1-8,10H2. The van der Waals surface area contributed by atoms with Gasteiger partial charge in [0.1, 0.15) is 0 Å². The third-order valence-corrected chi connectivity index (χ3v) is 2.38. The molecule has 0 spiro atoms. The Morgan fingerprint density at radius 2 is 2.00 bits per heavy atom. The molecule has 0 aromatic carbocycles. The molecule has 1 aliphatic rings. The van der Waals surface area contributed by atoms with E-state index in [9.17, 15) is 5.11 Å². The Labute approximate surface area is 79.7 Å². The predicted octanol–water partition coefficient (Wildman–Crippen LogP) is -0.582. The third kappa shape index (κ3) is 4.57. The first-order chi connectivity index (χ1) is 6.33. The fourth-order valence-electron chi connectivity index (χ4n) is 1.49. The molecule has 4 heteroatoms. The fraction of sp³-hybridized carbons (Fsp3) is 1.00. The molecule has 1 fully saturated rings. The molecule has 1 saturated heterocycles. The molecule has 0 aliphatic carbocycles. The lowest BCUT2D eigenvalue weighted by atomic mass is 10.2. The molecular weight excluding hydrogens is 168 g/mol. The number of ether oxygens (including phenoxy) is 1. The number of hydrogen-bond donors (Lipinski definition) is 2. The highest BCUT2D eigenvalue weighted by molar-refractivity contribution is 4.65. The van der Waals surface area contributed by atoms with Crippen molar-refractivity contribution in [1.82, 2.24) is 4.90 Å². The predicted molar refractivity (Wildman–Crippen MR) is 51.6 cm³/mol.